The lowest BCUT2D eigenvalue weighted by molar-refractivity contribution is 0.146. The third-order valence-corrected chi connectivity index (χ3v) is 2.57. The number of hydrogen-bond donors (Lipinski definition) is 1. The van der Waals surface area contributed by atoms with E-state index in [-0.39, 0.29) is 0 Å². The molecule has 1 rings (SSSR count). The normalized spacial score (nSPS) is 10.4. The third-order valence-electron chi connectivity index (χ3n) is 2.57. The lowest BCUT2D eigenvalue weighted by Gasteiger charge is -2.19. The molecule has 0 saturated heterocycles. The van der Waals surface area contributed by atoms with Crippen molar-refractivity contribution in [2.75, 3.05) is 31.7 Å². The van der Waals surface area contributed by atoms with Crippen molar-refractivity contribution in [3.63, 3.8) is 0 Å². The Balaban J connectivity index is 2.42. The van der Waals surface area contributed by atoms with Crippen molar-refractivity contribution in [1.29, 1.82) is 0 Å². The van der Waals surface area contributed by atoms with E-state index in [9.17, 15) is 0 Å². The summed E-state index contributed by atoms with van der Waals surface area (Å²) in [6, 6.07) is 8.36. The van der Waals surface area contributed by atoms with Crippen LogP contribution < -0.4 is 10.6 Å². The number of rotatable bonds is 7. The molecule has 0 bridgehead atoms. The smallest absolute Gasteiger partial charge is 0.0482 e. The van der Waals surface area contributed by atoms with E-state index < -0.39 is 0 Å². The molecule has 2 N–H and O–H groups in total. The van der Waals surface area contributed by atoms with Gasteiger partial charge in [-0.2, -0.15) is 0 Å². The molecule has 3 nitrogen and oxygen atoms in total. The summed E-state index contributed by atoms with van der Waals surface area (Å²) >= 11 is 0. The first-order valence-electron chi connectivity index (χ1n) is 5.85. The van der Waals surface area contributed by atoms with Gasteiger partial charge in [0.2, 0.25) is 0 Å². The highest BCUT2D eigenvalue weighted by Crippen LogP contribution is 2.14. The van der Waals surface area contributed by atoms with Gasteiger partial charge in [0, 0.05) is 39.0 Å². The minimum Gasteiger partial charge on any atom is -0.382 e. The summed E-state index contributed by atoms with van der Waals surface area (Å²) in [4.78, 5) is 2.23. The molecule has 16 heavy (non-hydrogen) atoms. The van der Waals surface area contributed by atoms with Crippen LogP contribution in [0, 0.1) is 0 Å². The zero-order valence-electron chi connectivity index (χ0n) is 10.3. The fourth-order valence-corrected chi connectivity index (χ4v) is 1.60. The van der Waals surface area contributed by atoms with Crippen LogP contribution in [0.5, 0.6) is 0 Å². The lowest BCUT2D eigenvalue weighted by Crippen LogP contribution is -2.20. The van der Waals surface area contributed by atoms with E-state index in [4.69, 9.17) is 10.5 Å². The van der Waals surface area contributed by atoms with E-state index in [0.717, 1.165) is 26.2 Å². The average Bonchev–Trinajstić information content (AvgIpc) is 2.34. The minimum atomic E-state index is 0.598. The van der Waals surface area contributed by atoms with Crippen molar-refractivity contribution < 1.29 is 4.74 Å². The summed E-state index contributed by atoms with van der Waals surface area (Å²) in [5.74, 6) is 0. The molecule has 3 heteroatoms. The molecular formula is C13H22N2O. The predicted octanol–water partition coefficient (Wildman–Crippen LogP) is 2.01. The maximum Gasteiger partial charge on any atom is 0.0482 e. The van der Waals surface area contributed by atoms with Crippen LogP contribution in [0.4, 0.5) is 5.69 Å². The number of hydrogen-bond acceptors (Lipinski definition) is 3. The quantitative estimate of drug-likeness (QED) is 0.717. The van der Waals surface area contributed by atoms with Gasteiger partial charge in [0.25, 0.3) is 0 Å². The Labute approximate surface area is 98.2 Å². The van der Waals surface area contributed by atoms with Gasteiger partial charge in [0.1, 0.15) is 0 Å². The van der Waals surface area contributed by atoms with Crippen LogP contribution in [0.1, 0.15) is 18.9 Å². The van der Waals surface area contributed by atoms with Gasteiger partial charge in [0.15, 0.2) is 0 Å². The molecule has 0 spiro atoms. The predicted molar refractivity (Wildman–Crippen MR) is 68.7 cm³/mol. The Morgan fingerprint density at radius 2 is 2.19 bits per heavy atom. The van der Waals surface area contributed by atoms with Gasteiger partial charge < -0.3 is 15.4 Å². The molecule has 90 valence electrons. The largest absolute Gasteiger partial charge is 0.382 e. The second kappa shape index (κ2) is 7.25. The molecule has 0 fully saturated rings. The van der Waals surface area contributed by atoms with E-state index in [2.05, 4.69) is 36.2 Å². The molecule has 0 aliphatic carbocycles. The van der Waals surface area contributed by atoms with Crippen molar-refractivity contribution >= 4 is 5.69 Å². The van der Waals surface area contributed by atoms with Crippen LogP contribution >= 0.6 is 0 Å². The fourth-order valence-electron chi connectivity index (χ4n) is 1.60. The van der Waals surface area contributed by atoms with E-state index in [1.807, 2.05) is 6.92 Å². The zero-order chi connectivity index (χ0) is 11.8. The van der Waals surface area contributed by atoms with Crippen molar-refractivity contribution in [1.82, 2.24) is 0 Å². The van der Waals surface area contributed by atoms with Gasteiger partial charge in [0.05, 0.1) is 0 Å². The van der Waals surface area contributed by atoms with Gasteiger partial charge in [-0.15, -0.1) is 0 Å². The van der Waals surface area contributed by atoms with Gasteiger partial charge in [-0.05, 0) is 31.0 Å². The topological polar surface area (TPSA) is 38.5 Å². The zero-order valence-corrected chi connectivity index (χ0v) is 10.3. The van der Waals surface area contributed by atoms with Crippen LogP contribution in [0.25, 0.3) is 0 Å². The average molecular weight is 222 g/mol. The van der Waals surface area contributed by atoms with Crippen LogP contribution in [0.3, 0.4) is 0 Å². The second-order valence-electron chi connectivity index (χ2n) is 3.85. The Bertz CT molecular complexity index is 302. The van der Waals surface area contributed by atoms with Crippen LogP contribution in [-0.4, -0.2) is 26.8 Å². The van der Waals surface area contributed by atoms with E-state index in [1.165, 1.54) is 11.3 Å². The second-order valence-corrected chi connectivity index (χ2v) is 3.85. The molecule has 0 aliphatic heterocycles. The molecule has 0 aromatic heterocycles. The number of anilines is 1. The maximum atomic E-state index is 5.62. The minimum absolute atomic E-state index is 0.598. The maximum absolute atomic E-state index is 5.62. The van der Waals surface area contributed by atoms with Crippen molar-refractivity contribution in [3.8, 4) is 0 Å². The standard InChI is InChI=1S/C13H22N2O/c1-3-16-9-5-8-15(2)13-7-4-6-12(10-13)11-14/h4,6-7,10H,3,5,8-9,11,14H2,1-2H3. The first-order valence-corrected chi connectivity index (χ1v) is 5.85. The van der Waals surface area contributed by atoms with E-state index in [0.29, 0.717) is 6.54 Å². The molecule has 1 aromatic rings. The van der Waals surface area contributed by atoms with Gasteiger partial charge in [-0.3, -0.25) is 0 Å². The Morgan fingerprint density at radius 3 is 2.88 bits per heavy atom. The van der Waals surface area contributed by atoms with Crippen LogP contribution in [-0.2, 0) is 11.3 Å². The summed E-state index contributed by atoms with van der Waals surface area (Å²) in [5.41, 5.74) is 8.02. The van der Waals surface area contributed by atoms with Gasteiger partial charge >= 0.3 is 0 Å². The summed E-state index contributed by atoms with van der Waals surface area (Å²) in [7, 11) is 2.10. The highest BCUT2D eigenvalue weighted by Gasteiger charge is 2.00. The van der Waals surface area contributed by atoms with Crippen molar-refractivity contribution in [2.45, 2.75) is 19.9 Å². The molecule has 0 radical (unpaired) electrons. The number of benzene rings is 1. The SMILES string of the molecule is CCOCCCN(C)c1cccc(CN)c1. The van der Waals surface area contributed by atoms with Crippen molar-refractivity contribution in [2.24, 2.45) is 5.73 Å². The molecule has 1 aromatic carbocycles. The summed E-state index contributed by atoms with van der Waals surface area (Å²) in [6.07, 6.45) is 1.05. The van der Waals surface area contributed by atoms with E-state index in [1.54, 1.807) is 0 Å². The third kappa shape index (κ3) is 4.21. The van der Waals surface area contributed by atoms with Crippen molar-refractivity contribution in [3.05, 3.63) is 29.8 Å². The monoisotopic (exact) mass is 222 g/mol. The Kier molecular flexibility index (Phi) is 5.90. The molecule has 0 unspecified atom stereocenters. The lowest BCUT2D eigenvalue weighted by atomic mass is 10.2. The summed E-state index contributed by atoms with van der Waals surface area (Å²) in [6.45, 7) is 5.26. The molecule has 0 aliphatic rings. The Morgan fingerprint density at radius 1 is 1.38 bits per heavy atom. The Hall–Kier alpha value is -1.06. The molecule has 0 heterocycles. The highest BCUT2D eigenvalue weighted by atomic mass is 16.5. The van der Waals surface area contributed by atoms with Crippen LogP contribution in [0.15, 0.2) is 24.3 Å². The molecule has 0 amide bonds. The van der Waals surface area contributed by atoms with Crippen LogP contribution in [0.2, 0.25) is 0 Å². The molecular weight excluding hydrogens is 200 g/mol. The highest BCUT2D eigenvalue weighted by molar-refractivity contribution is 5.47. The summed E-state index contributed by atoms with van der Waals surface area (Å²) in [5, 5.41) is 0. The van der Waals surface area contributed by atoms with Gasteiger partial charge in [-0.25, -0.2) is 0 Å². The molecule has 0 saturated carbocycles. The number of nitrogens with two attached hydrogens (primary N) is 1. The fraction of sp³-hybridized carbons (Fsp3) is 0.538. The van der Waals surface area contributed by atoms with Gasteiger partial charge in [-0.1, -0.05) is 12.1 Å². The number of ether oxygens (including phenoxy) is 1. The first kappa shape index (κ1) is 13.0. The molecule has 0 atom stereocenters. The first-order chi connectivity index (χ1) is 7.77. The summed E-state index contributed by atoms with van der Waals surface area (Å²) < 4.78 is 5.32. The number of nitrogens with zero attached hydrogens (tertiary/aromatic N) is 1. The van der Waals surface area contributed by atoms with E-state index >= 15 is 0 Å².